The highest BCUT2D eigenvalue weighted by molar-refractivity contribution is 5.84. The molecule has 1 aliphatic carbocycles. The molecule has 8 nitrogen and oxygen atoms in total. The molecule has 0 aromatic carbocycles. The number of amides is 1. The Morgan fingerprint density at radius 3 is 3.00 bits per heavy atom. The van der Waals surface area contributed by atoms with E-state index in [1.165, 1.54) is 0 Å². The first-order chi connectivity index (χ1) is 15.1. The Balaban J connectivity index is 1.48. The molecule has 0 radical (unpaired) electrons. The summed E-state index contributed by atoms with van der Waals surface area (Å²) in [5.41, 5.74) is 3.54. The van der Waals surface area contributed by atoms with E-state index in [2.05, 4.69) is 26.3 Å². The second-order valence-electron chi connectivity index (χ2n) is 8.46. The summed E-state index contributed by atoms with van der Waals surface area (Å²) >= 11 is 0. The van der Waals surface area contributed by atoms with E-state index >= 15 is 0 Å². The van der Waals surface area contributed by atoms with Crippen LogP contribution >= 0.6 is 0 Å². The SMILES string of the molecule is C=C1/C(=C(\C=C/C)c2noc(-c3cn4c(n3)CCCC4)n2)C[C@H]2CC(=O)N(CCO)[C@@H]12. The molecular weight excluding hydrogens is 394 g/mol. The van der Waals surface area contributed by atoms with E-state index in [9.17, 15) is 9.90 Å². The van der Waals surface area contributed by atoms with Gasteiger partial charge >= 0.3 is 0 Å². The molecule has 8 heteroatoms. The van der Waals surface area contributed by atoms with Gasteiger partial charge in [0.15, 0.2) is 0 Å². The smallest absolute Gasteiger partial charge is 0.278 e. The van der Waals surface area contributed by atoms with Gasteiger partial charge in [0, 0.05) is 37.7 Å². The van der Waals surface area contributed by atoms with Gasteiger partial charge in [-0.2, -0.15) is 4.98 Å². The summed E-state index contributed by atoms with van der Waals surface area (Å²) in [6.07, 6.45) is 10.4. The van der Waals surface area contributed by atoms with Gasteiger partial charge in [0.1, 0.15) is 11.5 Å². The van der Waals surface area contributed by atoms with Crippen LogP contribution in [-0.4, -0.2) is 54.8 Å². The van der Waals surface area contributed by atoms with Gasteiger partial charge in [-0.3, -0.25) is 4.79 Å². The summed E-state index contributed by atoms with van der Waals surface area (Å²) in [6.45, 7) is 7.52. The van der Waals surface area contributed by atoms with Crippen LogP contribution in [0.5, 0.6) is 0 Å². The van der Waals surface area contributed by atoms with E-state index in [0.717, 1.165) is 54.8 Å². The van der Waals surface area contributed by atoms with E-state index in [0.29, 0.717) is 30.4 Å². The minimum Gasteiger partial charge on any atom is -0.395 e. The number of hydrogen-bond acceptors (Lipinski definition) is 6. The lowest BCUT2D eigenvalue weighted by atomic mass is 10.0. The molecule has 0 bridgehead atoms. The number of fused-ring (bicyclic) bond motifs is 2. The van der Waals surface area contributed by atoms with Gasteiger partial charge in [0.05, 0.1) is 12.6 Å². The van der Waals surface area contributed by atoms with Crippen LogP contribution in [0, 0.1) is 5.92 Å². The fourth-order valence-corrected chi connectivity index (χ4v) is 5.17. The first kappa shape index (κ1) is 19.9. The largest absolute Gasteiger partial charge is 0.395 e. The molecule has 1 saturated heterocycles. The maximum absolute atomic E-state index is 12.3. The fourth-order valence-electron chi connectivity index (χ4n) is 5.17. The third-order valence-corrected chi connectivity index (χ3v) is 6.54. The number of rotatable bonds is 5. The van der Waals surface area contributed by atoms with Gasteiger partial charge in [0.25, 0.3) is 5.89 Å². The number of carbonyl (C=O) groups is 1. The molecule has 0 unspecified atom stereocenters. The molecule has 1 N–H and O–H groups in total. The highest BCUT2D eigenvalue weighted by atomic mass is 16.5. The third-order valence-electron chi connectivity index (χ3n) is 6.54. The van der Waals surface area contributed by atoms with E-state index < -0.39 is 0 Å². The van der Waals surface area contributed by atoms with E-state index in [1.807, 2.05) is 25.3 Å². The van der Waals surface area contributed by atoms with Crippen LogP contribution in [0.4, 0.5) is 0 Å². The van der Waals surface area contributed by atoms with Crippen LogP contribution in [-0.2, 0) is 17.8 Å². The lowest BCUT2D eigenvalue weighted by Crippen LogP contribution is -2.36. The van der Waals surface area contributed by atoms with Gasteiger partial charge in [0.2, 0.25) is 11.7 Å². The molecule has 0 spiro atoms. The Hall–Kier alpha value is -3.00. The molecule has 2 fully saturated rings. The van der Waals surface area contributed by atoms with Crippen molar-refractivity contribution in [1.29, 1.82) is 0 Å². The Kier molecular flexibility index (Phi) is 5.09. The van der Waals surface area contributed by atoms with E-state index in [4.69, 9.17) is 4.52 Å². The zero-order valence-corrected chi connectivity index (χ0v) is 17.8. The number of aryl methyl sites for hydroxylation is 2. The normalized spacial score (nSPS) is 24.9. The molecule has 5 rings (SSSR count). The predicted molar refractivity (Wildman–Crippen MR) is 115 cm³/mol. The Labute approximate surface area is 181 Å². The lowest BCUT2D eigenvalue weighted by Gasteiger charge is -2.24. The first-order valence-corrected chi connectivity index (χ1v) is 11.0. The molecule has 1 amide bonds. The fraction of sp³-hybridized carbons (Fsp3) is 0.478. The number of nitrogens with zero attached hydrogens (tertiary/aromatic N) is 5. The molecule has 3 aliphatic rings. The zero-order chi connectivity index (χ0) is 21.5. The summed E-state index contributed by atoms with van der Waals surface area (Å²) in [5, 5.41) is 13.6. The Morgan fingerprint density at radius 2 is 2.23 bits per heavy atom. The number of β-amino-alcohol motifs (C(OH)–C–C–N with tert-alkyl or cyclic N) is 1. The summed E-state index contributed by atoms with van der Waals surface area (Å²) < 4.78 is 7.76. The molecule has 162 valence electrons. The minimum absolute atomic E-state index is 0.0498. The van der Waals surface area contributed by atoms with Gasteiger partial charge in [-0.15, -0.1) is 0 Å². The molecule has 2 aromatic rings. The van der Waals surface area contributed by atoms with Crippen LogP contribution in [0.3, 0.4) is 0 Å². The van der Waals surface area contributed by atoms with Crippen molar-refractivity contribution in [2.45, 2.75) is 51.6 Å². The van der Waals surface area contributed by atoms with Crippen molar-refractivity contribution in [2.75, 3.05) is 13.2 Å². The topological polar surface area (TPSA) is 97.3 Å². The predicted octanol–water partition coefficient (Wildman–Crippen LogP) is 2.77. The standard InChI is InChI=1S/C23H27N5O3/c1-3-6-16(17-11-15-12-20(30)28(9-10-29)21(15)14(17)2)22-25-23(31-26-22)18-13-27-8-5-4-7-19(27)24-18/h3,6,13,15,21,29H,2,4-5,7-12H2,1H3/b6-3-,17-16+/t15-,21-/m0/s1. The number of aromatic nitrogens is 4. The number of aliphatic hydroxyl groups is 1. The summed E-state index contributed by atoms with van der Waals surface area (Å²) in [7, 11) is 0. The molecule has 4 heterocycles. The number of allylic oxidation sites excluding steroid dienone is 3. The zero-order valence-electron chi connectivity index (χ0n) is 17.8. The highest BCUT2D eigenvalue weighted by Crippen LogP contribution is 2.47. The molecule has 2 aromatic heterocycles. The van der Waals surface area contributed by atoms with Gasteiger partial charge in [-0.25, -0.2) is 4.98 Å². The van der Waals surface area contributed by atoms with Crippen molar-refractivity contribution in [1.82, 2.24) is 24.6 Å². The highest BCUT2D eigenvalue weighted by Gasteiger charge is 2.47. The van der Waals surface area contributed by atoms with Crippen LogP contribution in [0.15, 0.2) is 40.6 Å². The van der Waals surface area contributed by atoms with Crippen LogP contribution in [0.25, 0.3) is 17.2 Å². The molecule has 2 atom stereocenters. The third kappa shape index (κ3) is 3.35. The number of aliphatic hydroxyl groups excluding tert-OH is 1. The van der Waals surface area contributed by atoms with Crippen molar-refractivity contribution in [3.8, 4) is 11.6 Å². The maximum Gasteiger partial charge on any atom is 0.278 e. The molecule has 1 saturated carbocycles. The van der Waals surface area contributed by atoms with E-state index in [1.54, 1.807) is 4.90 Å². The maximum atomic E-state index is 12.3. The number of likely N-dealkylation sites (tertiary alicyclic amines) is 1. The number of imidazole rings is 1. The monoisotopic (exact) mass is 421 g/mol. The average molecular weight is 422 g/mol. The lowest BCUT2D eigenvalue weighted by molar-refractivity contribution is -0.129. The number of carbonyl (C=O) groups excluding carboxylic acids is 1. The van der Waals surface area contributed by atoms with Crippen molar-refractivity contribution in [3.63, 3.8) is 0 Å². The molecule has 31 heavy (non-hydrogen) atoms. The van der Waals surface area contributed by atoms with Crippen LogP contribution in [0.2, 0.25) is 0 Å². The minimum atomic E-state index is -0.0684. The number of hydrogen-bond donors (Lipinski definition) is 1. The summed E-state index contributed by atoms with van der Waals surface area (Å²) in [6, 6.07) is -0.0684. The molecule has 2 aliphatic heterocycles. The Morgan fingerprint density at radius 1 is 1.35 bits per heavy atom. The average Bonchev–Trinajstić information content (AvgIpc) is 3.52. The first-order valence-electron chi connectivity index (χ1n) is 11.0. The summed E-state index contributed by atoms with van der Waals surface area (Å²) in [4.78, 5) is 23.4. The second kappa shape index (κ2) is 7.92. The van der Waals surface area contributed by atoms with Gasteiger partial charge < -0.3 is 19.1 Å². The summed E-state index contributed by atoms with van der Waals surface area (Å²) in [5.74, 6) is 2.25. The van der Waals surface area contributed by atoms with Crippen molar-refractivity contribution >= 4 is 11.5 Å². The van der Waals surface area contributed by atoms with E-state index in [-0.39, 0.29) is 24.5 Å². The van der Waals surface area contributed by atoms with Gasteiger partial charge in [-0.05, 0) is 43.3 Å². The van der Waals surface area contributed by atoms with Crippen molar-refractivity contribution < 1.29 is 14.4 Å². The van der Waals surface area contributed by atoms with Crippen molar-refractivity contribution in [2.24, 2.45) is 5.92 Å². The molecular formula is C23H27N5O3. The second-order valence-corrected chi connectivity index (χ2v) is 8.46. The van der Waals surface area contributed by atoms with Gasteiger partial charge in [-0.1, -0.05) is 23.9 Å². The van der Waals surface area contributed by atoms with Crippen molar-refractivity contribution in [3.05, 3.63) is 47.7 Å². The van der Waals surface area contributed by atoms with Crippen LogP contribution < -0.4 is 0 Å². The quantitative estimate of drug-likeness (QED) is 0.797. The van der Waals surface area contributed by atoms with Crippen LogP contribution in [0.1, 0.15) is 44.3 Å². The Bertz CT molecular complexity index is 1070.